The first kappa shape index (κ1) is 18.7. The molecule has 2 fully saturated rings. The Morgan fingerprint density at radius 2 is 1.64 bits per heavy atom. The number of amides is 1. The summed E-state index contributed by atoms with van der Waals surface area (Å²) in [6.45, 7) is 4.03. The Bertz CT molecular complexity index is 861. The second-order valence-corrected chi connectivity index (χ2v) is 7.82. The molecule has 0 spiro atoms. The first-order valence-electron chi connectivity index (χ1n) is 9.94. The third-order valence-electron chi connectivity index (χ3n) is 5.85. The summed E-state index contributed by atoms with van der Waals surface area (Å²) < 4.78 is 0. The van der Waals surface area contributed by atoms with E-state index in [4.69, 9.17) is 5.26 Å². The van der Waals surface area contributed by atoms with Crippen LogP contribution in [0.3, 0.4) is 0 Å². The van der Waals surface area contributed by atoms with Crippen LogP contribution < -0.4 is 5.32 Å². The van der Waals surface area contributed by atoms with Gasteiger partial charge in [0, 0.05) is 38.1 Å². The van der Waals surface area contributed by atoms with Crippen LogP contribution >= 0.6 is 0 Å². The van der Waals surface area contributed by atoms with E-state index in [-0.39, 0.29) is 5.91 Å². The molecule has 2 atom stereocenters. The van der Waals surface area contributed by atoms with Gasteiger partial charge in [0.15, 0.2) is 0 Å². The van der Waals surface area contributed by atoms with Crippen molar-refractivity contribution in [2.75, 3.05) is 39.8 Å². The molecule has 1 amide bonds. The van der Waals surface area contributed by atoms with Gasteiger partial charge in [-0.3, -0.25) is 4.79 Å². The molecule has 144 valence electrons. The third-order valence-corrected chi connectivity index (χ3v) is 5.85. The maximum atomic E-state index is 12.4. The predicted molar refractivity (Wildman–Crippen MR) is 110 cm³/mol. The van der Waals surface area contributed by atoms with Crippen LogP contribution in [0.15, 0.2) is 48.5 Å². The van der Waals surface area contributed by atoms with Gasteiger partial charge in [0.2, 0.25) is 5.91 Å². The van der Waals surface area contributed by atoms with Gasteiger partial charge in [-0.15, -0.1) is 0 Å². The molecule has 2 aliphatic rings. The van der Waals surface area contributed by atoms with Crippen molar-refractivity contribution in [3.8, 4) is 17.2 Å². The van der Waals surface area contributed by atoms with E-state index in [1.165, 1.54) is 5.56 Å². The van der Waals surface area contributed by atoms with Crippen LogP contribution in [0.25, 0.3) is 11.1 Å². The largest absolute Gasteiger partial charge is 0.339 e. The Morgan fingerprint density at radius 1 is 1.04 bits per heavy atom. The normalized spacial score (nSPS) is 21.9. The average molecular weight is 374 g/mol. The second kappa shape index (κ2) is 8.14. The van der Waals surface area contributed by atoms with E-state index in [0.717, 1.165) is 43.7 Å². The molecule has 1 saturated heterocycles. The lowest BCUT2D eigenvalue weighted by Crippen LogP contribution is -2.49. The number of hydrogen-bond donors (Lipinski definition) is 1. The number of nitriles is 1. The summed E-state index contributed by atoms with van der Waals surface area (Å²) in [5, 5.41) is 12.3. The predicted octanol–water partition coefficient (Wildman–Crippen LogP) is 2.44. The van der Waals surface area contributed by atoms with Crippen LogP contribution in [0.2, 0.25) is 0 Å². The van der Waals surface area contributed by atoms with Gasteiger partial charge in [-0.25, -0.2) is 0 Å². The molecule has 28 heavy (non-hydrogen) atoms. The van der Waals surface area contributed by atoms with Gasteiger partial charge in [0.1, 0.15) is 0 Å². The summed E-state index contributed by atoms with van der Waals surface area (Å²) in [4.78, 5) is 16.6. The Labute approximate surface area is 166 Å². The van der Waals surface area contributed by atoms with Crippen molar-refractivity contribution < 1.29 is 4.79 Å². The highest BCUT2D eigenvalue weighted by Crippen LogP contribution is 2.41. The fourth-order valence-electron chi connectivity index (χ4n) is 3.84. The van der Waals surface area contributed by atoms with Gasteiger partial charge in [0.25, 0.3) is 0 Å². The zero-order valence-electron chi connectivity index (χ0n) is 16.3. The lowest BCUT2D eigenvalue weighted by Gasteiger charge is -2.32. The van der Waals surface area contributed by atoms with Crippen LogP contribution in [0.5, 0.6) is 0 Å². The van der Waals surface area contributed by atoms with Gasteiger partial charge in [-0.1, -0.05) is 36.4 Å². The molecule has 1 saturated carbocycles. The van der Waals surface area contributed by atoms with E-state index >= 15 is 0 Å². The molecule has 1 unspecified atom stereocenters. The molecule has 1 heterocycles. The van der Waals surface area contributed by atoms with E-state index in [0.29, 0.717) is 24.1 Å². The second-order valence-electron chi connectivity index (χ2n) is 7.82. The van der Waals surface area contributed by atoms with Crippen molar-refractivity contribution in [2.45, 2.75) is 18.4 Å². The number of nitrogens with one attached hydrogen (secondary N) is 1. The quantitative estimate of drug-likeness (QED) is 0.873. The van der Waals surface area contributed by atoms with Crippen LogP contribution in [0.4, 0.5) is 0 Å². The topological polar surface area (TPSA) is 59.4 Å². The van der Waals surface area contributed by atoms with Crippen molar-refractivity contribution in [3.05, 3.63) is 59.7 Å². The highest BCUT2D eigenvalue weighted by atomic mass is 16.2. The first-order chi connectivity index (χ1) is 13.6. The summed E-state index contributed by atoms with van der Waals surface area (Å²) in [6, 6.07) is 18.9. The van der Waals surface area contributed by atoms with Gasteiger partial charge in [-0.2, -0.15) is 5.26 Å². The summed E-state index contributed by atoms with van der Waals surface area (Å²) in [5.41, 5.74) is 4.28. The van der Waals surface area contributed by atoms with Crippen molar-refractivity contribution in [1.82, 2.24) is 15.1 Å². The monoisotopic (exact) mass is 374 g/mol. The molecule has 0 bridgehead atoms. The molecule has 0 aromatic heterocycles. The molecule has 5 nitrogen and oxygen atoms in total. The molecule has 1 aliphatic heterocycles. The summed E-state index contributed by atoms with van der Waals surface area (Å²) in [5.74, 6) is 0.713. The minimum Gasteiger partial charge on any atom is -0.339 e. The molecule has 0 radical (unpaired) electrons. The van der Waals surface area contributed by atoms with Crippen molar-refractivity contribution in [3.63, 3.8) is 0 Å². The molecular formula is C23H26N4O. The standard InChI is InChI=1S/C23H26N4O/c1-26-10-12-27(13-11-26)23(28)16-25-22-14-21(22)20-8-6-19(7-9-20)18-4-2-17(15-24)3-5-18/h2-9,21-22,25H,10-14,16H2,1H3/t21?,22-/m0/s1. The summed E-state index contributed by atoms with van der Waals surface area (Å²) >= 11 is 0. The maximum absolute atomic E-state index is 12.4. The van der Waals surface area contributed by atoms with E-state index in [1.807, 2.05) is 29.2 Å². The number of hydrogen-bond acceptors (Lipinski definition) is 4. The average Bonchev–Trinajstić information content (AvgIpc) is 3.52. The minimum atomic E-state index is 0.218. The Hall–Kier alpha value is -2.68. The van der Waals surface area contributed by atoms with E-state index in [9.17, 15) is 4.79 Å². The highest BCUT2D eigenvalue weighted by Gasteiger charge is 2.38. The lowest BCUT2D eigenvalue weighted by molar-refractivity contribution is -0.131. The SMILES string of the molecule is CN1CCN(C(=O)CN[C@H]2CC2c2ccc(-c3ccc(C#N)cc3)cc2)CC1. The van der Waals surface area contributed by atoms with Crippen LogP contribution in [0, 0.1) is 11.3 Å². The van der Waals surface area contributed by atoms with Crippen molar-refractivity contribution in [2.24, 2.45) is 0 Å². The fourth-order valence-corrected chi connectivity index (χ4v) is 3.84. The smallest absolute Gasteiger partial charge is 0.236 e. The van der Waals surface area contributed by atoms with E-state index < -0.39 is 0 Å². The molecule has 1 aliphatic carbocycles. The third kappa shape index (κ3) is 4.24. The van der Waals surface area contributed by atoms with Gasteiger partial charge >= 0.3 is 0 Å². The first-order valence-corrected chi connectivity index (χ1v) is 9.94. The highest BCUT2D eigenvalue weighted by molar-refractivity contribution is 5.78. The summed E-state index contributed by atoms with van der Waals surface area (Å²) in [7, 11) is 2.10. The number of nitrogens with zero attached hydrogens (tertiary/aromatic N) is 3. The van der Waals surface area contributed by atoms with Gasteiger partial charge in [-0.05, 0) is 42.3 Å². The lowest BCUT2D eigenvalue weighted by atomic mass is 10.0. The molecule has 5 heteroatoms. The van der Waals surface area contributed by atoms with Crippen LogP contribution in [-0.4, -0.2) is 61.5 Å². The van der Waals surface area contributed by atoms with Crippen LogP contribution in [0.1, 0.15) is 23.5 Å². The number of piperazine rings is 1. The number of carbonyl (C=O) groups is 1. The minimum absolute atomic E-state index is 0.218. The van der Waals surface area contributed by atoms with E-state index in [2.05, 4.69) is 47.6 Å². The molecule has 2 aromatic carbocycles. The van der Waals surface area contributed by atoms with Gasteiger partial charge < -0.3 is 15.1 Å². The number of carbonyl (C=O) groups excluding carboxylic acids is 1. The molecule has 1 N–H and O–H groups in total. The molecule has 2 aromatic rings. The summed E-state index contributed by atoms with van der Waals surface area (Å²) in [6.07, 6.45) is 1.09. The van der Waals surface area contributed by atoms with Gasteiger partial charge in [0.05, 0.1) is 18.2 Å². The molecule has 4 rings (SSSR count). The Morgan fingerprint density at radius 3 is 2.25 bits per heavy atom. The number of likely N-dealkylation sites (N-methyl/N-ethyl adjacent to an activating group) is 1. The molecular weight excluding hydrogens is 348 g/mol. The van der Waals surface area contributed by atoms with Crippen molar-refractivity contribution >= 4 is 5.91 Å². The number of benzene rings is 2. The Kier molecular flexibility index (Phi) is 5.43. The zero-order chi connectivity index (χ0) is 19.5. The maximum Gasteiger partial charge on any atom is 0.236 e. The van der Waals surface area contributed by atoms with E-state index in [1.54, 1.807) is 0 Å². The fraction of sp³-hybridized carbons (Fsp3) is 0.391. The van der Waals surface area contributed by atoms with Crippen LogP contribution in [-0.2, 0) is 4.79 Å². The number of rotatable bonds is 5. The zero-order valence-corrected chi connectivity index (χ0v) is 16.3. The van der Waals surface area contributed by atoms with Crippen molar-refractivity contribution in [1.29, 1.82) is 5.26 Å². The Balaban J connectivity index is 1.28.